The lowest BCUT2D eigenvalue weighted by atomic mass is 9.94. The predicted molar refractivity (Wildman–Crippen MR) is 77.9 cm³/mol. The number of methoxy groups -OCH3 is 1. The zero-order valence-electron chi connectivity index (χ0n) is 11.5. The molecule has 0 aliphatic heterocycles. The highest BCUT2D eigenvalue weighted by Crippen LogP contribution is 2.28. The zero-order chi connectivity index (χ0) is 13.8. The van der Waals surface area contributed by atoms with Gasteiger partial charge in [0.25, 0.3) is 0 Å². The summed E-state index contributed by atoms with van der Waals surface area (Å²) in [6, 6.07) is 13.8. The third-order valence-electron chi connectivity index (χ3n) is 3.27. The molecule has 0 aliphatic rings. The molecule has 0 heterocycles. The minimum atomic E-state index is 0.442. The van der Waals surface area contributed by atoms with Gasteiger partial charge >= 0.3 is 0 Å². The second kappa shape index (κ2) is 5.70. The lowest BCUT2D eigenvalue weighted by Gasteiger charge is -2.11. The Balaban J connectivity index is 2.51. The van der Waals surface area contributed by atoms with E-state index in [2.05, 4.69) is 19.9 Å². The van der Waals surface area contributed by atoms with Crippen LogP contribution in [0.25, 0.3) is 11.1 Å². The van der Waals surface area contributed by atoms with E-state index < -0.39 is 0 Å². The van der Waals surface area contributed by atoms with Gasteiger partial charge in [-0.05, 0) is 34.7 Å². The van der Waals surface area contributed by atoms with Gasteiger partial charge in [-0.25, -0.2) is 0 Å². The van der Waals surface area contributed by atoms with E-state index in [9.17, 15) is 4.79 Å². The first kappa shape index (κ1) is 13.3. The van der Waals surface area contributed by atoms with E-state index in [0.717, 1.165) is 28.7 Å². The fourth-order valence-electron chi connectivity index (χ4n) is 2.06. The lowest BCUT2D eigenvalue weighted by Crippen LogP contribution is -1.93. The summed E-state index contributed by atoms with van der Waals surface area (Å²) in [5.74, 6) is 1.26. The van der Waals surface area contributed by atoms with Crippen molar-refractivity contribution in [3.63, 3.8) is 0 Å². The van der Waals surface area contributed by atoms with Crippen LogP contribution >= 0.6 is 0 Å². The first-order valence-corrected chi connectivity index (χ1v) is 6.39. The van der Waals surface area contributed by atoms with Gasteiger partial charge in [-0.3, -0.25) is 4.79 Å². The number of hydrogen-bond acceptors (Lipinski definition) is 2. The highest BCUT2D eigenvalue weighted by Gasteiger charge is 2.08. The fraction of sp³-hybridized carbons (Fsp3) is 0.235. The van der Waals surface area contributed by atoms with Crippen LogP contribution in [0, 0.1) is 0 Å². The summed E-state index contributed by atoms with van der Waals surface area (Å²) in [4.78, 5) is 11.2. The smallest absolute Gasteiger partial charge is 0.150 e. The van der Waals surface area contributed by atoms with Gasteiger partial charge in [0.2, 0.25) is 0 Å². The van der Waals surface area contributed by atoms with Crippen LogP contribution in [0.4, 0.5) is 0 Å². The minimum absolute atomic E-state index is 0.442. The maximum absolute atomic E-state index is 11.2. The summed E-state index contributed by atoms with van der Waals surface area (Å²) in [6.07, 6.45) is 0.906. The molecule has 0 unspecified atom stereocenters. The molecular weight excluding hydrogens is 236 g/mol. The number of hydrogen-bond donors (Lipinski definition) is 0. The number of carbonyl (C=O) groups excluding carboxylic acids is 1. The Morgan fingerprint density at radius 3 is 2.26 bits per heavy atom. The monoisotopic (exact) mass is 254 g/mol. The van der Waals surface area contributed by atoms with Crippen LogP contribution in [-0.2, 0) is 0 Å². The second-order valence-corrected chi connectivity index (χ2v) is 4.85. The molecule has 0 aliphatic carbocycles. The molecule has 0 N–H and O–H groups in total. The molecule has 0 saturated carbocycles. The average Bonchev–Trinajstić information content (AvgIpc) is 2.46. The van der Waals surface area contributed by atoms with Crippen LogP contribution in [0.1, 0.15) is 35.7 Å². The third-order valence-corrected chi connectivity index (χ3v) is 3.27. The first-order chi connectivity index (χ1) is 9.15. The number of aldehydes is 1. The van der Waals surface area contributed by atoms with E-state index in [1.807, 2.05) is 36.4 Å². The van der Waals surface area contributed by atoms with Crippen molar-refractivity contribution >= 4 is 6.29 Å². The van der Waals surface area contributed by atoms with E-state index in [1.54, 1.807) is 7.11 Å². The van der Waals surface area contributed by atoms with Crippen LogP contribution in [0.15, 0.2) is 42.5 Å². The molecule has 2 heteroatoms. The molecule has 2 nitrogen and oxygen atoms in total. The molecule has 0 amide bonds. The Kier molecular flexibility index (Phi) is 4.00. The van der Waals surface area contributed by atoms with Gasteiger partial charge in [0, 0.05) is 5.56 Å². The Morgan fingerprint density at radius 2 is 1.74 bits per heavy atom. The van der Waals surface area contributed by atoms with Crippen LogP contribution in [0.5, 0.6) is 5.75 Å². The number of rotatable bonds is 4. The quantitative estimate of drug-likeness (QED) is 0.760. The third kappa shape index (κ3) is 2.84. The Labute approximate surface area is 114 Å². The molecule has 2 aromatic carbocycles. The summed E-state index contributed by atoms with van der Waals surface area (Å²) >= 11 is 0. The highest BCUT2D eigenvalue weighted by atomic mass is 16.5. The van der Waals surface area contributed by atoms with Crippen molar-refractivity contribution in [3.05, 3.63) is 53.6 Å². The summed E-state index contributed by atoms with van der Waals surface area (Å²) in [7, 11) is 1.64. The van der Waals surface area contributed by atoms with E-state index in [-0.39, 0.29) is 0 Å². The minimum Gasteiger partial charge on any atom is -0.497 e. The van der Waals surface area contributed by atoms with Crippen LogP contribution in [0.2, 0.25) is 0 Å². The van der Waals surface area contributed by atoms with E-state index in [1.165, 1.54) is 5.56 Å². The van der Waals surface area contributed by atoms with Gasteiger partial charge in [0.15, 0.2) is 6.29 Å². The van der Waals surface area contributed by atoms with Crippen LogP contribution in [-0.4, -0.2) is 13.4 Å². The maximum atomic E-state index is 11.2. The molecule has 2 rings (SSSR count). The van der Waals surface area contributed by atoms with Gasteiger partial charge in [-0.2, -0.15) is 0 Å². The molecule has 0 saturated heterocycles. The lowest BCUT2D eigenvalue weighted by molar-refractivity contribution is 0.112. The summed E-state index contributed by atoms with van der Waals surface area (Å²) in [5, 5.41) is 0. The van der Waals surface area contributed by atoms with Gasteiger partial charge in [-0.15, -0.1) is 0 Å². The Hall–Kier alpha value is -2.09. The van der Waals surface area contributed by atoms with Gasteiger partial charge < -0.3 is 4.74 Å². The number of benzene rings is 2. The SMILES string of the molecule is COc1ccc(-c2cc(C(C)C)ccc2C=O)cc1. The van der Waals surface area contributed by atoms with Crippen molar-refractivity contribution in [2.75, 3.05) is 7.11 Å². The standard InChI is InChI=1S/C17H18O2/c1-12(2)14-4-5-15(11-18)17(10-14)13-6-8-16(19-3)9-7-13/h4-12H,1-3H3. The molecule has 0 radical (unpaired) electrons. The van der Waals surface area contributed by atoms with E-state index in [4.69, 9.17) is 4.74 Å². The molecule has 0 bridgehead atoms. The van der Waals surface area contributed by atoms with Crippen molar-refractivity contribution in [2.45, 2.75) is 19.8 Å². The molecule has 0 aromatic heterocycles. The normalized spacial score (nSPS) is 10.5. The average molecular weight is 254 g/mol. The molecule has 2 aromatic rings. The van der Waals surface area contributed by atoms with Gasteiger partial charge in [0.05, 0.1) is 7.11 Å². The van der Waals surface area contributed by atoms with Gasteiger partial charge in [-0.1, -0.05) is 44.2 Å². The first-order valence-electron chi connectivity index (χ1n) is 6.39. The van der Waals surface area contributed by atoms with Crippen molar-refractivity contribution in [1.82, 2.24) is 0 Å². The molecule has 19 heavy (non-hydrogen) atoms. The van der Waals surface area contributed by atoms with Crippen molar-refractivity contribution in [3.8, 4) is 16.9 Å². The molecule has 0 fully saturated rings. The summed E-state index contributed by atoms with van der Waals surface area (Å²) in [6.45, 7) is 4.29. The largest absolute Gasteiger partial charge is 0.497 e. The van der Waals surface area contributed by atoms with Crippen LogP contribution in [0.3, 0.4) is 0 Å². The topological polar surface area (TPSA) is 26.3 Å². The Bertz CT molecular complexity index is 568. The predicted octanol–water partition coefficient (Wildman–Crippen LogP) is 4.30. The number of ether oxygens (including phenoxy) is 1. The van der Waals surface area contributed by atoms with E-state index in [0.29, 0.717) is 5.92 Å². The molecule has 98 valence electrons. The molecule has 0 spiro atoms. The van der Waals surface area contributed by atoms with E-state index >= 15 is 0 Å². The fourth-order valence-corrected chi connectivity index (χ4v) is 2.06. The zero-order valence-corrected chi connectivity index (χ0v) is 11.5. The van der Waals surface area contributed by atoms with Crippen molar-refractivity contribution in [1.29, 1.82) is 0 Å². The molecule has 0 atom stereocenters. The highest BCUT2D eigenvalue weighted by molar-refractivity contribution is 5.88. The maximum Gasteiger partial charge on any atom is 0.150 e. The van der Waals surface area contributed by atoms with Gasteiger partial charge in [0.1, 0.15) is 5.75 Å². The van der Waals surface area contributed by atoms with Crippen molar-refractivity contribution < 1.29 is 9.53 Å². The summed E-state index contributed by atoms with van der Waals surface area (Å²) < 4.78 is 5.15. The Morgan fingerprint density at radius 1 is 1.05 bits per heavy atom. The summed E-state index contributed by atoms with van der Waals surface area (Å²) in [5.41, 5.74) is 3.96. The second-order valence-electron chi connectivity index (χ2n) is 4.85. The van der Waals surface area contributed by atoms with Crippen LogP contribution < -0.4 is 4.74 Å². The molecular formula is C17H18O2. The number of carbonyl (C=O) groups is 1. The van der Waals surface area contributed by atoms with Crippen molar-refractivity contribution in [2.24, 2.45) is 0 Å².